The van der Waals surface area contributed by atoms with Gasteiger partial charge in [-0.2, -0.15) is 18.2 Å². The fraction of sp³-hybridized carbons (Fsp3) is 0.227. The van der Waals surface area contributed by atoms with Gasteiger partial charge in [0.1, 0.15) is 5.75 Å². The minimum atomic E-state index is -4.67. The van der Waals surface area contributed by atoms with Crippen LogP contribution in [-0.2, 0) is 15.8 Å². The van der Waals surface area contributed by atoms with Crippen molar-refractivity contribution in [3.05, 3.63) is 63.8 Å². The lowest BCUT2D eigenvalue weighted by Gasteiger charge is -2.37. The molecule has 0 atom stereocenters. The van der Waals surface area contributed by atoms with Gasteiger partial charge in [-0.1, -0.05) is 17.7 Å². The number of ether oxygens (including phenoxy) is 1. The van der Waals surface area contributed by atoms with Crippen LogP contribution in [0.15, 0.2) is 46.3 Å². The van der Waals surface area contributed by atoms with Gasteiger partial charge in [0, 0.05) is 13.1 Å². The number of nitrogens with zero attached hydrogens (tertiary/aromatic N) is 2. The summed E-state index contributed by atoms with van der Waals surface area (Å²) in [4.78, 5) is 28.9. The van der Waals surface area contributed by atoms with Gasteiger partial charge < -0.3 is 14.7 Å². The third-order valence-electron chi connectivity index (χ3n) is 5.02. The zero-order chi connectivity index (χ0) is 23.9. The highest BCUT2D eigenvalue weighted by Crippen LogP contribution is 2.39. The quantitative estimate of drug-likeness (QED) is 0.494. The van der Waals surface area contributed by atoms with E-state index in [-0.39, 0.29) is 18.0 Å². The number of halogens is 4. The van der Waals surface area contributed by atoms with E-state index in [4.69, 9.17) is 9.84 Å². The number of alkyl halides is 3. The van der Waals surface area contributed by atoms with E-state index in [1.165, 1.54) is 31.2 Å². The number of rotatable bonds is 4. The smallest absolute Gasteiger partial charge is 0.419 e. The normalized spacial score (nSPS) is 17.8. The van der Waals surface area contributed by atoms with E-state index in [0.717, 1.165) is 30.0 Å². The van der Waals surface area contributed by atoms with Crippen LogP contribution in [0.1, 0.15) is 16.7 Å². The van der Waals surface area contributed by atoms with Crippen molar-refractivity contribution in [2.45, 2.75) is 13.1 Å². The molecule has 0 unspecified atom stereocenters. The lowest BCUT2D eigenvalue weighted by Crippen LogP contribution is -2.51. The number of likely N-dealkylation sites (tertiary alicyclic amines) is 1. The summed E-state index contributed by atoms with van der Waals surface area (Å²) >= 11 is 1.05. The summed E-state index contributed by atoms with van der Waals surface area (Å²) in [5.74, 6) is -3.78. The largest absolute Gasteiger partial charge is 0.481 e. The number of hydrogen-bond donors (Lipinski definition) is 1. The molecule has 0 radical (unpaired) electrons. The molecule has 0 aromatic heterocycles. The summed E-state index contributed by atoms with van der Waals surface area (Å²) in [6, 6.07) is 7.11. The number of carbonyl (C=O) groups is 2. The summed E-state index contributed by atoms with van der Waals surface area (Å²) in [5.41, 5.74) is -0.338. The second-order valence-corrected chi connectivity index (χ2v) is 8.55. The molecule has 4 rings (SSSR count). The van der Waals surface area contributed by atoms with Crippen LogP contribution in [0.2, 0.25) is 0 Å². The molecule has 172 valence electrons. The molecule has 1 N–H and O–H groups in total. The second-order valence-electron chi connectivity index (χ2n) is 7.54. The van der Waals surface area contributed by atoms with Gasteiger partial charge >= 0.3 is 12.1 Å². The highest BCUT2D eigenvalue weighted by Gasteiger charge is 2.38. The van der Waals surface area contributed by atoms with Crippen molar-refractivity contribution >= 4 is 34.9 Å². The average Bonchev–Trinajstić information content (AvgIpc) is 3.02. The summed E-state index contributed by atoms with van der Waals surface area (Å²) in [5, 5.41) is 9.33. The van der Waals surface area contributed by atoms with Crippen LogP contribution in [-0.4, -0.2) is 40.1 Å². The number of amides is 1. The molecule has 33 heavy (non-hydrogen) atoms. The first-order valence-corrected chi connectivity index (χ1v) is 10.5. The number of hydrogen-bond acceptors (Lipinski definition) is 5. The molecule has 0 saturated carbocycles. The molecule has 2 heterocycles. The Hall–Kier alpha value is -3.34. The Morgan fingerprint density at radius 3 is 2.55 bits per heavy atom. The molecule has 11 heteroatoms. The first-order valence-electron chi connectivity index (χ1n) is 9.67. The fourth-order valence-corrected chi connectivity index (χ4v) is 4.17. The van der Waals surface area contributed by atoms with E-state index < -0.39 is 46.9 Å². The molecular formula is C22H16F4N2O4S. The number of carboxylic acids is 1. The number of benzene rings is 2. The lowest BCUT2D eigenvalue weighted by atomic mass is 10.0. The molecule has 2 aliphatic rings. The van der Waals surface area contributed by atoms with Gasteiger partial charge in [0.05, 0.1) is 16.4 Å². The highest BCUT2D eigenvalue weighted by molar-refractivity contribution is 8.18. The molecule has 2 aliphatic heterocycles. The number of aryl methyl sites for hydroxylation is 1. The van der Waals surface area contributed by atoms with Crippen LogP contribution in [0, 0.1) is 18.7 Å². The second kappa shape index (κ2) is 8.54. The van der Waals surface area contributed by atoms with Gasteiger partial charge in [0.25, 0.3) is 5.91 Å². The molecule has 0 spiro atoms. The van der Waals surface area contributed by atoms with Gasteiger partial charge in [-0.3, -0.25) is 9.59 Å². The summed E-state index contributed by atoms with van der Waals surface area (Å²) in [6.07, 6.45) is -3.27. The predicted octanol–water partition coefficient (Wildman–Crippen LogP) is 4.93. The molecule has 6 nitrogen and oxygen atoms in total. The van der Waals surface area contributed by atoms with Crippen molar-refractivity contribution in [1.82, 2.24) is 4.90 Å². The zero-order valence-electron chi connectivity index (χ0n) is 17.0. The van der Waals surface area contributed by atoms with E-state index in [9.17, 15) is 27.2 Å². The Bertz CT molecular complexity index is 1200. The van der Waals surface area contributed by atoms with Crippen molar-refractivity contribution < 1.29 is 37.0 Å². The van der Waals surface area contributed by atoms with Crippen molar-refractivity contribution in [2.75, 3.05) is 13.1 Å². The van der Waals surface area contributed by atoms with Crippen molar-refractivity contribution in [3.8, 4) is 11.5 Å². The number of thioether (sulfide) groups is 1. The Morgan fingerprint density at radius 2 is 1.91 bits per heavy atom. The first kappa shape index (κ1) is 22.8. The molecular weight excluding hydrogens is 464 g/mol. The Balaban J connectivity index is 1.49. The maximum atomic E-state index is 14.6. The van der Waals surface area contributed by atoms with Crippen molar-refractivity contribution in [2.24, 2.45) is 10.9 Å². The van der Waals surface area contributed by atoms with Crippen LogP contribution in [0.25, 0.3) is 6.08 Å². The van der Waals surface area contributed by atoms with Crippen LogP contribution in [0.5, 0.6) is 11.5 Å². The number of aliphatic carboxylic acids is 1. The number of amidine groups is 1. The third-order valence-corrected chi connectivity index (χ3v) is 6.07. The van der Waals surface area contributed by atoms with Crippen molar-refractivity contribution in [1.29, 1.82) is 0 Å². The van der Waals surface area contributed by atoms with Gasteiger partial charge in [0.15, 0.2) is 16.7 Å². The first-order chi connectivity index (χ1) is 15.5. The van der Waals surface area contributed by atoms with Gasteiger partial charge in [-0.25, -0.2) is 4.39 Å². The molecule has 0 bridgehead atoms. The van der Waals surface area contributed by atoms with Gasteiger partial charge in [0.2, 0.25) is 0 Å². The minimum absolute atomic E-state index is 0.217. The van der Waals surface area contributed by atoms with Crippen LogP contribution in [0.3, 0.4) is 0 Å². The predicted molar refractivity (Wildman–Crippen MR) is 113 cm³/mol. The van der Waals surface area contributed by atoms with Crippen LogP contribution >= 0.6 is 11.8 Å². The molecule has 1 fully saturated rings. The minimum Gasteiger partial charge on any atom is -0.481 e. The maximum Gasteiger partial charge on any atom is 0.419 e. The standard InChI is InChI=1S/C22H16F4N2O4S/c1-11-2-4-16(14(6-11)22(24,25)26)32-17-5-3-12(7-15(17)23)8-18-19(29)27-21(33-18)28-9-13(10-28)20(30)31/h2-8,13H,9-10H2,1H3,(H,30,31)/b18-8-. The molecule has 2 aromatic carbocycles. The highest BCUT2D eigenvalue weighted by atomic mass is 32.2. The summed E-state index contributed by atoms with van der Waals surface area (Å²) < 4.78 is 59.6. The fourth-order valence-electron chi connectivity index (χ4n) is 3.24. The zero-order valence-corrected chi connectivity index (χ0v) is 17.8. The third kappa shape index (κ3) is 4.87. The lowest BCUT2D eigenvalue weighted by molar-refractivity contribution is -0.145. The van der Waals surface area contributed by atoms with E-state index in [1.54, 1.807) is 4.90 Å². The van der Waals surface area contributed by atoms with E-state index in [0.29, 0.717) is 16.3 Å². The molecule has 1 saturated heterocycles. The van der Waals surface area contributed by atoms with Crippen LogP contribution < -0.4 is 4.74 Å². The number of aliphatic imine (C=N–C) groups is 1. The van der Waals surface area contributed by atoms with E-state index >= 15 is 0 Å². The Labute approximate surface area is 189 Å². The van der Waals surface area contributed by atoms with Gasteiger partial charge in [-0.15, -0.1) is 0 Å². The Morgan fingerprint density at radius 1 is 1.21 bits per heavy atom. The van der Waals surface area contributed by atoms with E-state index in [2.05, 4.69) is 4.99 Å². The maximum absolute atomic E-state index is 14.6. The number of carboxylic acid groups (broad SMARTS) is 1. The van der Waals surface area contributed by atoms with Crippen LogP contribution in [0.4, 0.5) is 17.6 Å². The Kier molecular flexibility index (Phi) is 5.91. The van der Waals surface area contributed by atoms with E-state index in [1.807, 2.05) is 0 Å². The molecule has 1 amide bonds. The van der Waals surface area contributed by atoms with Gasteiger partial charge in [-0.05, 0) is 54.6 Å². The number of carbonyl (C=O) groups excluding carboxylic acids is 1. The topological polar surface area (TPSA) is 79.2 Å². The monoisotopic (exact) mass is 480 g/mol. The molecule has 2 aromatic rings. The van der Waals surface area contributed by atoms with Crippen molar-refractivity contribution in [3.63, 3.8) is 0 Å². The summed E-state index contributed by atoms with van der Waals surface area (Å²) in [7, 11) is 0. The average molecular weight is 480 g/mol. The molecule has 0 aliphatic carbocycles. The summed E-state index contributed by atoms with van der Waals surface area (Å²) in [6.45, 7) is 2.01. The SMILES string of the molecule is Cc1ccc(Oc2ccc(/C=C3\SC(N4CC(C(=O)O)C4)=NC3=O)cc2F)c(C(F)(F)F)c1.